The highest BCUT2D eigenvalue weighted by Crippen LogP contribution is 2.14. The smallest absolute Gasteiger partial charge is 0.191 e. The number of hydrogen-bond acceptors (Lipinski definition) is 5. The van der Waals surface area contributed by atoms with Gasteiger partial charge in [-0.2, -0.15) is 5.10 Å². The Balaban J connectivity index is 1.51. The van der Waals surface area contributed by atoms with Crippen LogP contribution in [0, 0.1) is 5.92 Å². The Morgan fingerprint density at radius 2 is 2.14 bits per heavy atom. The van der Waals surface area contributed by atoms with Crippen molar-refractivity contribution in [1.29, 1.82) is 0 Å². The van der Waals surface area contributed by atoms with E-state index in [4.69, 9.17) is 9.73 Å². The van der Waals surface area contributed by atoms with Crippen LogP contribution in [-0.4, -0.2) is 71.5 Å². The van der Waals surface area contributed by atoms with E-state index in [1.165, 1.54) is 32.4 Å². The third kappa shape index (κ3) is 6.17. The lowest BCUT2D eigenvalue weighted by molar-refractivity contribution is 0.177. The van der Waals surface area contributed by atoms with Crippen molar-refractivity contribution >= 4 is 5.96 Å². The van der Waals surface area contributed by atoms with E-state index in [0.29, 0.717) is 18.6 Å². The number of methoxy groups -OCH3 is 1. The number of aryl methyl sites for hydroxylation is 1. The number of nitrogens with one attached hydrogen (secondary N) is 2. The second-order valence-corrected chi connectivity index (χ2v) is 8.13. The molecule has 158 valence electrons. The van der Waals surface area contributed by atoms with Crippen molar-refractivity contribution in [2.45, 2.75) is 65.1 Å². The van der Waals surface area contributed by atoms with Gasteiger partial charge in [0.15, 0.2) is 11.8 Å². The molecule has 2 aliphatic rings. The minimum absolute atomic E-state index is 0.319. The van der Waals surface area contributed by atoms with Gasteiger partial charge in [0, 0.05) is 39.2 Å². The number of ether oxygens (including phenoxy) is 1. The zero-order valence-electron chi connectivity index (χ0n) is 17.8. The summed E-state index contributed by atoms with van der Waals surface area (Å²) in [5.74, 6) is 3.31. The van der Waals surface area contributed by atoms with Crippen LogP contribution in [0.3, 0.4) is 0 Å². The maximum Gasteiger partial charge on any atom is 0.191 e. The van der Waals surface area contributed by atoms with E-state index >= 15 is 0 Å². The Kier molecular flexibility index (Phi) is 8.09. The van der Waals surface area contributed by atoms with Gasteiger partial charge in [0.25, 0.3) is 0 Å². The predicted octanol–water partition coefficient (Wildman–Crippen LogP) is 1.42. The average Bonchev–Trinajstić information content (AvgIpc) is 3.09. The molecule has 1 aromatic heterocycles. The maximum atomic E-state index is 5.15. The van der Waals surface area contributed by atoms with Crippen molar-refractivity contribution in [2.75, 3.05) is 39.8 Å². The fourth-order valence-corrected chi connectivity index (χ4v) is 4.07. The Morgan fingerprint density at radius 3 is 2.89 bits per heavy atom. The Morgan fingerprint density at radius 1 is 1.32 bits per heavy atom. The van der Waals surface area contributed by atoms with Crippen molar-refractivity contribution in [3.63, 3.8) is 0 Å². The Labute approximate surface area is 169 Å². The summed E-state index contributed by atoms with van der Waals surface area (Å²) in [4.78, 5) is 12.0. The number of rotatable bonds is 8. The fourth-order valence-electron chi connectivity index (χ4n) is 4.07. The molecule has 0 amide bonds. The van der Waals surface area contributed by atoms with E-state index in [0.717, 1.165) is 56.6 Å². The number of likely N-dealkylation sites (tertiary alicyclic amines) is 1. The van der Waals surface area contributed by atoms with Gasteiger partial charge >= 0.3 is 0 Å². The quantitative estimate of drug-likeness (QED) is 0.515. The summed E-state index contributed by atoms with van der Waals surface area (Å²) in [6.45, 7) is 11.1. The molecule has 1 fully saturated rings. The molecule has 8 heteroatoms. The number of fused-ring (bicyclic) bond motifs is 1. The summed E-state index contributed by atoms with van der Waals surface area (Å²) >= 11 is 0. The Hall–Kier alpha value is -1.67. The van der Waals surface area contributed by atoms with E-state index in [1.54, 1.807) is 7.11 Å². The van der Waals surface area contributed by atoms with Gasteiger partial charge in [0.2, 0.25) is 0 Å². The summed E-state index contributed by atoms with van der Waals surface area (Å²) < 4.78 is 7.16. The molecule has 1 aromatic rings. The third-order valence-corrected chi connectivity index (χ3v) is 5.44. The highest BCUT2D eigenvalue weighted by atomic mass is 16.5. The molecule has 8 nitrogen and oxygen atoms in total. The lowest BCUT2D eigenvalue weighted by Crippen LogP contribution is -2.47. The summed E-state index contributed by atoms with van der Waals surface area (Å²) in [5, 5.41) is 11.6. The van der Waals surface area contributed by atoms with E-state index in [9.17, 15) is 0 Å². The van der Waals surface area contributed by atoms with Crippen molar-refractivity contribution < 1.29 is 4.74 Å². The predicted molar refractivity (Wildman–Crippen MR) is 111 cm³/mol. The first-order valence-corrected chi connectivity index (χ1v) is 10.9. The lowest BCUT2D eigenvalue weighted by atomic mass is 10.1. The number of nitrogens with zero attached hydrogens (tertiary/aromatic N) is 5. The molecule has 28 heavy (non-hydrogen) atoms. The van der Waals surface area contributed by atoms with Crippen LogP contribution < -0.4 is 10.6 Å². The first-order chi connectivity index (χ1) is 13.7. The minimum Gasteiger partial charge on any atom is -0.377 e. The Bertz CT molecular complexity index is 624. The van der Waals surface area contributed by atoms with Crippen LogP contribution in [0.5, 0.6) is 0 Å². The molecule has 2 unspecified atom stereocenters. The summed E-state index contributed by atoms with van der Waals surface area (Å²) in [7, 11) is 1.68. The van der Waals surface area contributed by atoms with E-state index in [-0.39, 0.29) is 0 Å². The molecule has 0 spiro atoms. The van der Waals surface area contributed by atoms with Crippen molar-refractivity contribution in [3.05, 3.63) is 11.6 Å². The topological polar surface area (TPSA) is 79.6 Å². The standard InChI is InChI=1S/C20H37N7O/c1-4-21-20(22-12-16(2)13-26-10-6-5-7-11-26)23-17-8-9-19-24-18(15-28-3)25-27(19)14-17/h16-17H,4-15H2,1-3H3,(H2,21,22,23). The van der Waals surface area contributed by atoms with Crippen LogP contribution in [0.25, 0.3) is 0 Å². The van der Waals surface area contributed by atoms with Crippen LogP contribution in [0.15, 0.2) is 4.99 Å². The number of hydrogen-bond donors (Lipinski definition) is 2. The summed E-state index contributed by atoms with van der Waals surface area (Å²) in [6.07, 6.45) is 6.05. The van der Waals surface area contributed by atoms with Gasteiger partial charge in [0.1, 0.15) is 12.4 Å². The molecule has 2 aliphatic heterocycles. The van der Waals surface area contributed by atoms with E-state index < -0.39 is 0 Å². The lowest BCUT2D eigenvalue weighted by Gasteiger charge is -2.29. The van der Waals surface area contributed by atoms with Gasteiger partial charge in [0.05, 0.1) is 6.54 Å². The zero-order valence-corrected chi connectivity index (χ0v) is 17.8. The van der Waals surface area contributed by atoms with Gasteiger partial charge in [-0.3, -0.25) is 4.99 Å². The number of guanidine groups is 1. The van der Waals surface area contributed by atoms with Gasteiger partial charge < -0.3 is 20.3 Å². The number of piperidine rings is 1. The summed E-state index contributed by atoms with van der Waals surface area (Å²) in [5.41, 5.74) is 0. The van der Waals surface area contributed by atoms with Crippen LogP contribution in [0.2, 0.25) is 0 Å². The van der Waals surface area contributed by atoms with Gasteiger partial charge in [-0.25, -0.2) is 9.67 Å². The van der Waals surface area contributed by atoms with Crippen LogP contribution in [-0.2, 0) is 24.3 Å². The van der Waals surface area contributed by atoms with Gasteiger partial charge in [-0.1, -0.05) is 13.3 Å². The van der Waals surface area contributed by atoms with Crippen molar-refractivity contribution in [2.24, 2.45) is 10.9 Å². The molecule has 1 saturated heterocycles. The molecule has 0 bridgehead atoms. The monoisotopic (exact) mass is 391 g/mol. The molecule has 0 radical (unpaired) electrons. The normalized spacial score (nSPS) is 22.0. The first kappa shape index (κ1) is 21.0. The first-order valence-electron chi connectivity index (χ1n) is 10.9. The van der Waals surface area contributed by atoms with Gasteiger partial charge in [-0.15, -0.1) is 0 Å². The second kappa shape index (κ2) is 10.8. The molecular weight excluding hydrogens is 354 g/mol. The van der Waals surface area contributed by atoms with E-state index in [1.807, 2.05) is 4.68 Å². The number of aliphatic imine (C=N–C) groups is 1. The molecule has 2 N–H and O–H groups in total. The molecule has 0 aliphatic carbocycles. The zero-order chi connectivity index (χ0) is 19.8. The molecule has 2 atom stereocenters. The highest BCUT2D eigenvalue weighted by Gasteiger charge is 2.22. The highest BCUT2D eigenvalue weighted by molar-refractivity contribution is 5.80. The van der Waals surface area contributed by atoms with Crippen LogP contribution >= 0.6 is 0 Å². The third-order valence-electron chi connectivity index (χ3n) is 5.44. The van der Waals surface area contributed by atoms with E-state index in [2.05, 4.69) is 39.5 Å². The second-order valence-electron chi connectivity index (χ2n) is 8.13. The van der Waals surface area contributed by atoms with Crippen LogP contribution in [0.1, 0.15) is 51.2 Å². The largest absolute Gasteiger partial charge is 0.377 e. The maximum absolute atomic E-state index is 5.15. The molecular formula is C20H37N7O. The van der Waals surface area contributed by atoms with Crippen molar-refractivity contribution in [1.82, 2.24) is 30.3 Å². The summed E-state index contributed by atoms with van der Waals surface area (Å²) in [6, 6.07) is 0.319. The van der Waals surface area contributed by atoms with Crippen LogP contribution in [0.4, 0.5) is 0 Å². The average molecular weight is 392 g/mol. The van der Waals surface area contributed by atoms with Gasteiger partial charge in [-0.05, 0) is 45.2 Å². The molecule has 3 rings (SSSR count). The molecule has 3 heterocycles. The SMILES string of the molecule is CCNC(=NCC(C)CN1CCCCC1)NC1CCc2nc(COC)nn2C1. The fraction of sp³-hybridized carbons (Fsp3) is 0.850. The molecule has 0 saturated carbocycles. The minimum atomic E-state index is 0.319. The number of aromatic nitrogens is 3. The van der Waals surface area contributed by atoms with Crippen molar-refractivity contribution in [3.8, 4) is 0 Å². The molecule has 0 aromatic carbocycles.